The zero-order valence-electron chi connectivity index (χ0n) is 21.7. The van der Waals surface area contributed by atoms with Gasteiger partial charge in [0, 0.05) is 26.2 Å². The van der Waals surface area contributed by atoms with Crippen molar-refractivity contribution in [2.45, 2.75) is 19.4 Å². The number of carbonyl (C=O) groups is 2. The van der Waals surface area contributed by atoms with Gasteiger partial charge in [0.1, 0.15) is 11.5 Å². The number of amides is 1. The number of hydrogen-bond acceptors (Lipinski definition) is 7. The average molecular weight is 517 g/mol. The maximum absolute atomic E-state index is 13.4. The lowest BCUT2D eigenvalue weighted by molar-refractivity contribution is -0.140. The molecule has 0 radical (unpaired) electrons. The van der Waals surface area contributed by atoms with E-state index in [-0.39, 0.29) is 11.3 Å². The zero-order valence-corrected chi connectivity index (χ0v) is 21.7. The highest BCUT2D eigenvalue weighted by Crippen LogP contribution is 2.40. The van der Waals surface area contributed by atoms with Gasteiger partial charge in [0.2, 0.25) is 0 Å². The number of aliphatic hydroxyl groups excluding tert-OH is 1. The van der Waals surface area contributed by atoms with Crippen molar-refractivity contribution in [3.05, 3.63) is 83.2 Å². The largest absolute Gasteiger partial charge is 0.507 e. The molecule has 1 atom stereocenters. The number of aliphatic hydroxyl groups is 1. The summed E-state index contributed by atoms with van der Waals surface area (Å²) in [5, 5.41) is 16.0. The topological polar surface area (TPSA) is 97.1 Å². The van der Waals surface area contributed by atoms with E-state index in [0.29, 0.717) is 43.2 Å². The second-order valence-corrected chi connectivity index (χ2v) is 9.46. The van der Waals surface area contributed by atoms with Gasteiger partial charge < -0.3 is 19.5 Å². The number of benzene rings is 2. The van der Waals surface area contributed by atoms with Crippen LogP contribution in [-0.2, 0) is 14.3 Å². The molecule has 2 fully saturated rings. The molecule has 3 heterocycles. The van der Waals surface area contributed by atoms with E-state index in [9.17, 15) is 14.7 Å². The van der Waals surface area contributed by atoms with E-state index in [0.717, 1.165) is 30.9 Å². The highest BCUT2D eigenvalue weighted by Gasteiger charge is 2.46. The SMILES string of the molecule is COc1ccc(C2/C(=C(/O)c3cnn(-c4ccccc4)c3C)C(=O)C(=O)N2CCCN2CCOCC2)cc1. The highest BCUT2D eigenvalue weighted by molar-refractivity contribution is 6.46. The van der Waals surface area contributed by atoms with Gasteiger partial charge in [-0.05, 0) is 43.2 Å². The molecule has 1 amide bonds. The third-order valence-corrected chi connectivity index (χ3v) is 7.21. The van der Waals surface area contributed by atoms with Crippen LogP contribution in [0.4, 0.5) is 0 Å². The number of ether oxygens (including phenoxy) is 2. The summed E-state index contributed by atoms with van der Waals surface area (Å²) in [7, 11) is 1.58. The first-order valence-corrected chi connectivity index (χ1v) is 12.8. The van der Waals surface area contributed by atoms with Gasteiger partial charge in [-0.2, -0.15) is 5.10 Å². The molecule has 0 saturated carbocycles. The summed E-state index contributed by atoms with van der Waals surface area (Å²) in [5.74, 6) is -0.860. The van der Waals surface area contributed by atoms with Crippen molar-refractivity contribution in [1.29, 1.82) is 0 Å². The number of Topliss-reactive ketones (excluding diaryl/α,β-unsaturated/α-hetero) is 1. The van der Waals surface area contributed by atoms with Crippen LogP contribution in [0.25, 0.3) is 11.4 Å². The molecule has 2 aliphatic rings. The summed E-state index contributed by atoms with van der Waals surface area (Å²) in [6.45, 7) is 6.12. The Morgan fingerprint density at radius 2 is 1.76 bits per heavy atom. The zero-order chi connectivity index (χ0) is 26.6. The third-order valence-electron chi connectivity index (χ3n) is 7.21. The highest BCUT2D eigenvalue weighted by atomic mass is 16.5. The fraction of sp³-hybridized carbons (Fsp3) is 0.345. The second kappa shape index (κ2) is 11.2. The molecule has 1 unspecified atom stereocenters. The average Bonchev–Trinajstić information content (AvgIpc) is 3.46. The van der Waals surface area contributed by atoms with E-state index >= 15 is 0 Å². The fourth-order valence-electron chi connectivity index (χ4n) is 5.15. The summed E-state index contributed by atoms with van der Waals surface area (Å²) < 4.78 is 12.4. The first-order valence-electron chi connectivity index (χ1n) is 12.8. The second-order valence-electron chi connectivity index (χ2n) is 9.46. The number of para-hydroxylation sites is 1. The van der Waals surface area contributed by atoms with Gasteiger partial charge in [-0.15, -0.1) is 0 Å². The van der Waals surface area contributed by atoms with E-state index in [2.05, 4.69) is 10.00 Å². The molecule has 0 spiro atoms. The molecular formula is C29H32N4O5. The van der Waals surface area contributed by atoms with E-state index in [1.165, 1.54) is 6.20 Å². The van der Waals surface area contributed by atoms with Crippen molar-refractivity contribution in [2.24, 2.45) is 0 Å². The molecule has 38 heavy (non-hydrogen) atoms. The molecule has 2 aliphatic heterocycles. The predicted octanol–water partition coefficient (Wildman–Crippen LogP) is 3.33. The van der Waals surface area contributed by atoms with Crippen molar-refractivity contribution in [3.8, 4) is 11.4 Å². The van der Waals surface area contributed by atoms with Crippen molar-refractivity contribution >= 4 is 17.4 Å². The molecule has 2 aromatic carbocycles. The Labute approximate surface area is 221 Å². The van der Waals surface area contributed by atoms with Crippen molar-refractivity contribution in [2.75, 3.05) is 46.5 Å². The van der Waals surface area contributed by atoms with Crippen LogP contribution in [0.1, 0.15) is 29.3 Å². The maximum atomic E-state index is 13.4. The smallest absolute Gasteiger partial charge is 0.295 e. The Hall–Kier alpha value is -3.95. The Kier molecular flexibility index (Phi) is 7.57. The van der Waals surface area contributed by atoms with E-state index < -0.39 is 17.7 Å². The van der Waals surface area contributed by atoms with Gasteiger partial charge >= 0.3 is 0 Å². The molecule has 3 aromatic rings. The molecular weight excluding hydrogens is 484 g/mol. The van der Waals surface area contributed by atoms with Crippen LogP contribution in [0.15, 0.2) is 66.4 Å². The fourth-order valence-corrected chi connectivity index (χ4v) is 5.15. The van der Waals surface area contributed by atoms with E-state index in [4.69, 9.17) is 9.47 Å². The van der Waals surface area contributed by atoms with Gasteiger partial charge in [-0.1, -0.05) is 30.3 Å². The Morgan fingerprint density at radius 3 is 2.45 bits per heavy atom. The van der Waals surface area contributed by atoms with Crippen LogP contribution in [0, 0.1) is 6.92 Å². The number of carbonyl (C=O) groups excluding carboxylic acids is 2. The third kappa shape index (κ3) is 4.94. The molecule has 9 heteroatoms. The number of rotatable bonds is 8. The quantitative estimate of drug-likeness (QED) is 0.279. The predicted molar refractivity (Wildman–Crippen MR) is 142 cm³/mol. The number of ketones is 1. The van der Waals surface area contributed by atoms with Gasteiger partial charge in [0.15, 0.2) is 0 Å². The molecule has 2 saturated heterocycles. The minimum Gasteiger partial charge on any atom is -0.507 e. The molecule has 5 rings (SSSR count). The molecule has 0 bridgehead atoms. The number of hydrogen-bond donors (Lipinski definition) is 1. The number of aromatic nitrogens is 2. The first kappa shape index (κ1) is 25.7. The Balaban J connectivity index is 1.51. The lowest BCUT2D eigenvalue weighted by atomic mass is 9.95. The first-order chi connectivity index (χ1) is 18.5. The number of likely N-dealkylation sites (tertiary alicyclic amines) is 1. The Morgan fingerprint density at radius 1 is 1.05 bits per heavy atom. The minimum absolute atomic E-state index is 0.0715. The van der Waals surface area contributed by atoms with Gasteiger partial charge in [0.25, 0.3) is 11.7 Å². The monoisotopic (exact) mass is 516 g/mol. The number of nitrogens with zero attached hydrogens (tertiary/aromatic N) is 4. The molecule has 0 aliphatic carbocycles. The van der Waals surface area contributed by atoms with Crippen molar-refractivity contribution in [3.63, 3.8) is 0 Å². The van der Waals surface area contributed by atoms with E-state index in [1.807, 2.05) is 49.4 Å². The standard InChI is InChI=1S/C29H32N4O5/c1-20-24(19-30-33(20)22-7-4-3-5-8-22)27(34)25-26(21-9-11-23(37-2)12-10-21)32(29(36)28(25)35)14-6-13-31-15-17-38-18-16-31/h3-5,7-12,19,26,34H,6,13-18H2,1-2H3/b27-25-. The molecule has 198 valence electrons. The van der Waals surface area contributed by atoms with Crippen molar-refractivity contribution < 1.29 is 24.2 Å². The van der Waals surface area contributed by atoms with Crippen LogP contribution in [0.2, 0.25) is 0 Å². The van der Waals surface area contributed by atoms with Gasteiger partial charge in [-0.3, -0.25) is 14.5 Å². The maximum Gasteiger partial charge on any atom is 0.295 e. The van der Waals surface area contributed by atoms with Crippen LogP contribution in [0.5, 0.6) is 5.75 Å². The van der Waals surface area contributed by atoms with E-state index in [1.54, 1.807) is 28.8 Å². The Bertz CT molecular complexity index is 1330. The lowest BCUT2D eigenvalue weighted by Crippen LogP contribution is -2.38. The number of methoxy groups -OCH3 is 1. The number of morpholine rings is 1. The van der Waals surface area contributed by atoms with Crippen molar-refractivity contribution in [1.82, 2.24) is 19.6 Å². The van der Waals surface area contributed by atoms with Gasteiger partial charge in [0.05, 0.1) is 55.1 Å². The molecule has 1 aromatic heterocycles. The minimum atomic E-state index is -0.718. The van der Waals surface area contributed by atoms with Crippen LogP contribution in [-0.4, -0.2) is 82.9 Å². The normalized spacial score (nSPS) is 19.7. The molecule has 9 nitrogen and oxygen atoms in total. The van der Waals surface area contributed by atoms with Crippen LogP contribution >= 0.6 is 0 Å². The summed E-state index contributed by atoms with van der Waals surface area (Å²) in [6.07, 6.45) is 2.24. The lowest BCUT2D eigenvalue weighted by Gasteiger charge is -2.29. The summed E-state index contributed by atoms with van der Waals surface area (Å²) in [6, 6.07) is 16.1. The van der Waals surface area contributed by atoms with Crippen LogP contribution < -0.4 is 4.74 Å². The summed E-state index contributed by atoms with van der Waals surface area (Å²) in [5.41, 5.74) is 2.71. The van der Waals surface area contributed by atoms with Crippen LogP contribution in [0.3, 0.4) is 0 Å². The summed E-state index contributed by atoms with van der Waals surface area (Å²) in [4.78, 5) is 30.6. The molecule has 1 N–H and O–H groups in total. The summed E-state index contributed by atoms with van der Waals surface area (Å²) >= 11 is 0. The van der Waals surface area contributed by atoms with Gasteiger partial charge in [-0.25, -0.2) is 4.68 Å².